The number of hydrogen-bond acceptors (Lipinski definition) is 6. The van der Waals surface area contributed by atoms with Crippen LogP contribution in [0.5, 0.6) is 0 Å². The van der Waals surface area contributed by atoms with Gasteiger partial charge in [-0.3, -0.25) is 0 Å². The van der Waals surface area contributed by atoms with Crippen molar-refractivity contribution in [3.05, 3.63) is 5.51 Å². The minimum absolute atomic E-state index is 0.107. The van der Waals surface area contributed by atoms with Crippen molar-refractivity contribution in [2.24, 2.45) is 0 Å². The van der Waals surface area contributed by atoms with Gasteiger partial charge in [-0.15, -0.1) is 10.2 Å². The quantitative estimate of drug-likeness (QED) is 0.840. The maximum absolute atomic E-state index is 12.7. The van der Waals surface area contributed by atoms with Crippen LogP contribution in [0.25, 0.3) is 0 Å². The topological polar surface area (TPSA) is 66.4 Å². The molecule has 1 unspecified atom stereocenters. The Kier molecular flexibility index (Phi) is 3.24. The van der Waals surface area contributed by atoms with Gasteiger partial charge in [-0.2, -0.15) is 4.31 Å². The lowest BCUT2D eigenvalue weighted by Crippen LogP contribution is -2.58. The Labute approximate surface area is 129 Å². The Morgan fingerprint density at radius 1 is 1.24 bits per heavy atom. The fourth-order valence-electron chi connectivity index (χ4n) is 3.84. The number of sulfonamides is 1. The van der Waals surface area contributed by atoms with Crippen molar-refractivity contribution in [1.82, 2.24) is 14.5 Å². The molecule has 1 atom stereocenters. The molecule has 6 nitrogen and oxygen atoms in total. The van der Waals surface area contributed by atoms with Crippen LogP contribution in [-0.4, -0.2) is 53.3 Å². The molecule has 2 aliphatic heterocycles. The largest absolute Gasteiger partial charge is 0.345 e. The highest BCUT2D eigenvalue weighted by Crippen LogP contribution is 2.44. The highest BCUT2D eigenvalue weighted by Gasteiger charge is 2.53. The molecule has 1 spiro atoms. The Morgan fingerprint density at radius 2 is 2.00 bits per heavy atom. The highest BCUT2D eigenvalue weighted by atomic mass is 32.2. The highest BCUT2D eigenvalue weighted by molar-refractivity contribution is 7.90. The molecule has 3 heterocycles. The van der Waals surface area contributed by atoms with Gasteiger partial charge in [-0.1, -0.05) is 11.3 Å². The molecule has 3 aliphatic rings. The average molecular weight is 328 g/mol. The monoisotopic (exact) mass is 328 g/mol. The zero-order chi connectivity index (χ0) is 14.5. The first-order valence-electron chi connectivity index (χ1n) is 7.65. The first-order chi connectivity index (χ1) is 10.1. The fraction of sp³-hybridized carbons (Fsp3) is 0.846. The molecular formula is C13H20N4O2S2. The van der Waals surface area contributed by atoms with Gasteiger partial charge in [0.2, 0.25) is 15.2 Å². The first-order valence-corrected chi connectivity index (χ1v) is 10.0. The number of aromatic nitrogens is 2. The van der Waals surface area contributed by atoms with Crippen molar-refractivity contribution in [1.29, 1.82) is 0 Å². The van der Waals surface area contributed by atoms with Gasteiger partial charge in [0.15, 0.2) is 0 Å². The van der Waals surface area contributed by atoms with Crippen LogP contribution in [0.2, 0.25) is 0 Å². The van der Waals surface area contributed by atoms with Crippen LogP contribution in [0.1, 0.15) is 38.5 Å². The molecule has 2 saturated heterocycles. The molecule has 0 aromatic carbocycles. The Morgan fingerprint density at radius 3 is 2.67 bits per heavy atom. The second-order valence-electron chi connectivity index (χ2n) is 6.39. The third kappa shape index (κ3) is 2.27. The van der Waals surface area contributed by atoms with Crippen LogP contribution in [0.4, 0.5) is 5.13 Å². The van der Waals surface area contributed by atoms with Gasteiger partial charge in [0.25, 0.3) is 0 Å². The number of hydrogen-bond donors (Lipinski definition) is 0. The summed E-state index contributed by atoms with van der Waals surface area (Å²) in [4.78, 5) is 2.22. The van der Waals surface area contributed by atoms with E-state index in [9.17, 15) is 8.42 Å². The van der Waals surface area contributed by atoms with E-state index in [0.717, 1.165) is 56.7 Å². The van der Waals surface area contributed by atoms with Gasteiger partial charge in [-0.25, -0.2) is 8.42 Å². The first kappa shape index (κ1) is 13.9. The van der Waals surface area contributed by atoms with Crippen LogP contribution in [0.15, 0.2) is 5.51 Å². The normalized spacial score (nSPS) is 31.1. The number of rotatable bonds is 3. The molecule has 8 heteroatoms. The zero-order valence-electron chi connectivity index (χ0n) is 11.9. The van der Waals surface area contributed by atoms with Crippen molar-refractivity contribution in [3.63, 3.8) is 0 Å². The van der Waals surface area contributed by atoms with E-state index in [1.807, 2.05) is 4.31 Å². The molecule has 116 valence electrons. The number of anilines is 1. The van der Waals surface area contributed by atoms with E-state index >= 15 is 0 Å². The van der Waals surface area contributed by atoms with Gasteiger partial charge in [-0.05, 0) is 38.5 Å². The second-order valence-corrected chi connectivity index (χ2v) is 9.34. The third-order valence-corrected chi connectivity index (χ3v) is 8.21. The minimum atomic E-state index is -3.09. The van der Waals surface area contributed by atoms with E-state index in [-0.39, 0.29) is 10.8 Å². The van der Waals surface area contributed by atoms with Gasteiger partial charge >= 0.3 is 0 Å². The van der Waals surface area contributed by atoms with E-state index in [1.54, 1.807) is 5.51 Å². The third-order valence-electron chi connectivity index (χ3n) is 4.96. The zero-order valence-corrected chi connectivity index (χ0v) is 13.6. The summed E-state index contributed by atoms with van der Waals surface area (Å²) in [6.45, 7) is 2.42. The average Bonchev–Trinajstić information content (AvgIpc) is 3.05. The fourth-order valence-corrected chi connectivity index (χ4v) is 6.69. The molecule has 1 saturated carbocycles. The molecule has 1 aromatic heterocycles. The molecule has 0 N–H and O–H groups in total. The molecule has 1 aromatic rings. The van der Waals surface area contributed by atoms with Crippen LogP contribution in [0, 0.1) is 0 Å². The predicted molar refractivity (Wildman–Crippen MR) is 82.0 cm³/mol. The van der Waals surface area contributed by atoms with Crippen molar-refractivity contribution in [2.45, 2.75) is 49.3 Å². The van der Waals surface area contributed by atoms with Crippen molar-refractivity contribution in [2.75, 3.05) is 24.5 Å². The summed E-state index contributed by atoms with van der Waals surface area (Å²) in [6, 6.07) is 0. The minimum Gasteiger partial charge on any atom is -0.345 e. The van der Waals surface area contributed by atoms with Gasteiger partial charge in [0.1, 0.15) is 5.51 Å². The maximum atomic E-state index is 12.7. The summed E-state index contributed by atoms with van der Waals surface area (Å²) in [7, 11) is -3.09. The van der Waals surface area contributed by atoms with Gasteiger partial charge in [0.05, 0.1) is 10.8 Å². The van der Waals surface area contributed by atoms with Crippen molar-refractivity contribution >= 4 is 26.5 Å². The maximum Gasteiger partial charge on any atom is 0.217 e. The standard InChI is InChI=1S/C13H20N4O2S2/c18-21(19,11-3-4-11)17-8-2-6-13(17)5-1-7-16(9-13)12-15-14-10-20-12/h10-11H,1-9H2. The van der Waals surface area contributed by atoms with E-state index in [4.69, 9.17) is 0 Å². The molecular weight excluding hydrogens is 308 g/mol. The molecule has 0 radical (unpaired) electrons. The summed E-state index contributed by atoms with van der Waals surface area (Å²) in [5.74, 6) is 0. The lowest BCUT2D eigenvalue weighted by molar-refractivity contribution is 0.203. The SMILES string of the molecule is O=S(=O)(C1CC1)N1CCCC12CCCN(c1nncs1)C2. The summed E-state index contributed by atoms with van der Waals surface area (Å²) >= 11 is 1.53. The summed E-state index contributed by atoms with van der Waals surface area (Å²) in [5, 5.41) is 8.88. The molecule has 0 amide bonds. The lowest BCUT2D eigenvalue weighted by Gasteiger charge is -2.45. The molecule has 0 bridgehead atoms. The number of nitrogens with zero attached hydrogens (tertiary/aromatic N) is 4. The summed E-state index contributed by atoms with van der Waals surface area (Å²) in [5.41, 5.74) is 1.54. The second kappa shape index (κ2) is 4.89. The van der Waals surface area contributed by atoms with E-state index in [2.05, 4.69) is 15.1 Å². The Hall–Kier alpha value is -0.730. The van der Waals surface area contributed by atoms with Crippen LogP contribution >= 0.6 is 11.3 Å². The van der Waals surface area contributed by atoms with Crippen LogP contribution in [0.3, 0.4) is 0 Å². The Balaban J connectivity index is 1.62. The van der Waals surface area contributed by atoms with Crippen LogP contribution < -0.4 is 4.90 Å². The molecule has 4 rings (SSSR count). The molecule has 3 fully saturated rings. The lowest BCUT2D eigenvalue weighted by atomic mass is 9.88. The Bertz CT molecular complexity index is 614. The van der Waals surface area contributed by atoms with Crippen LogP contribution in [-0.2, 0) is 10.0 Å². The van der Waals surface area contributed by atoms with Crippen molar-refractivity contribution < 1.29 is 8.42 Å². The van der Waals surface area contributed by atoms with E-state index in [0.29, 0.717) is 6.54 Å². The van der Waals surface area contributed by atoms with Gasteiger partial charge in [0, 0.05) is 19.6 Å². The summed E-state index contributed by atoms with van der Waals surface area (Å²) in [6.07, 6.45) is 5.65. The van der Waals surface area contributed by atoms with Gasteiger partial charge < -0.3 is 4.90 Å². The molecule has 21 heavy (non-hydrogen) atoms. The molecule has 1 aliphatic carbocycles. The van der Waals surface area contributed by atoms with Crippen molar-refractivity contribution in [3.8, 4) is 0 Å². The smallest absolute Gasteiger partial charge is 0.217 e. The predicted octanol–water partition coefficient (Wildman–Crippen LogP) is 1.47. The van der Waals surface area contributed by atoms with E-state index in [1.165, 1.54) is 11.3 Å². The number of piperidine rings is 1. The van der Waals surface area contributed by atoms with E-state index < -0.39 is 10.0 Å². The summed E-state index contributed by atoms with van der Waals surface area (Å²) < 4.78 is 27.3.